The van der Waals surface area contributed by atoms with Crippen LogP contribution in [0.5, 0.6) is 0 Å². The minimum atomic E-state index is -0.909. The van der Waals surface area contributed by atoms with Gasteiger partial charge in [-0.3, -0.25) is 9.48 Å². The fourth-order valence-electron chi connectivity index (χ4n) is 2.25. The van der Waals surface area contributed by atoms with Crippen molar-refractivity contribution in [3.63, 3.8) is 0 Å². The molecule has 0 aliphatic heterocycles. The van der Waals surface area contributed by atoms with E-state index in [1.54, 1.807) is 16.3 Å². The molecule has 114 valence electrons. The first kappa shape index (κ1) is 15.1. The predicted octanol–water partition coefficient (Wildman–Crippen LogP) is 1.19. The topological polar surface area (TPSA) is 98.7 Å². The molecule has 0 radical (unpaired) electrons. The van der Waals surface area contributed by atoms with Gasteiger partial charge >= 0.3 is 5.97 Å². The van der Waals surface area contributed by atoms with Crippen LogP contribution in [0.1, 0.15) is 31.7 Å². The second-order valence-corrected chi connectivity index (χ2v) is 5.55. The Bertz CT molecular complexity index is 674. The van der Waals surface area contributed by atoms with Gasteiger partial charge in [0.2, 0.25) is 0 Å². The zero-order valence-electron chi connectivity index (χ0n) is 13.0. The van der Waals surface area contributed by atoms with E-state index in [0.29, 0.717) is 12.2 Å². The Morgan fingerprint density at radius 1 is 1.38 bits per heavy atom. The number of carbonyl (C=O) groups is 1. The van der Waals surface area contributed by atoms with E-state index >= 15 is 0 Å². The van der Waals surface area contributed by atoms with E-state index in [1.165, 1.54) is 0 Å². The van der Waals surface area contributed by atoms with E-state index in [-0.39, 0.29) is 6.54 Å². The van der Waals surface area contributed by atoms with Crippen LogP contribution in [-0.4, -0.2) is 41.1 Å². The number of hydrogen-bond acceptors (Lipinski definition) is 5. The van der Waals surface area contributed by atoms with Gasteiger partial charge in [-0.05, 0) is 37.6 Å². The van der Waals surface area contributed by atoms with Gasteiger partial charge in [0.25, 0.3) is 0 Å². The van der Waals surface area contributed by atoms with Gasteiger partial charge in [-0.25, -0.2) is 4.68 Å². The van der Waals surface area contributed by atoms with Crippen LogP contribution in [-0.2, 0) is 18.4 Å². The van der Waals surface area contributed by atoms with Crippen LogP contribution in [0, 0.1) is 19.3 Å². The predicted molar refractivity (Wildman–Crippen MR) is 75.5 cm³/mol. The molecule has 0 fully saturated rings. The lowest BCUT2D eigenvalue weighted by molar-refractivity contribution is -0.149. The van der Waals surface area contributed by atoms with Crippen molar-refractivity contribution in [3.05, 3.63) is 11.4 Å². The molecule has 8 nitrogen and oxygen atoms in total. The van der Waals surface area contributed by atoms with Crippen molar-refractivity contribution in [2.24, 2.45) is 12.5 Å². The maximum Gasteiger partial charge on any atom is 0.311 e. The summed E-state index contributed by atoms with van der Waals surface area (Å²) < 4.78 is 3.31. The van der Waals surface area contributed by atoms with Gasteiger partial charge in [-0.1, -0.05) is 6.92 Å². The lowest BCUT2D eigenvalue weighted by Gasteiger charge is -2.22. The van der Waals surface area contributed by atoms with Crippen LogP contribution in [0.2, 0.25) is 0 Å². The maximum atomic E-state index is 11.5. The molecule has 2 aromatic rings. The van der Waals surface area contributed by atoms with Crippen LogP contribution >= 0.6 is 0 Å². The lowest BCUT2D eigenvalue weighted by Crippen LogP contribution is -2.32. The molecule has 21 heavy (non-hydrogen) atoms. The van der Waals surface area contributed by atoms with Crippen molar-refractivity contribution in [3.8, 4) is 11.4 Å². The summed E-state index contributed by atoms with van der Waals surface area (Å²) in [6, 6.07) is 0. The van der Waals surface area contributed by atoms with E-state index in [4.69, 9.17) is 0 Å². The SMILES string of the molecule is CCC(C)(Cn1nnnc1-c1c(C)nn(C)c1C)C(=O)O. The second kappa shape index (κ2) is 5.27. The van der Waals surface area contributed by atoms with Gasteiger partial charge < -0.3 is 5.11 Å². The van der Waals surface area contributed by atoms with E-state index in [1.807, 2.05) is 27.8 Å². The number of aliphatic carboxylic acids is 1. The van der Waals surface area contributed by atoms with Crippen molar-refractivity contribution in [1.82, 2.24) is 30.0 Å². The second-order valence-electron chi connectivity index (χ2n) is 5.55. The number of carboxylic acids is 1. The van der Waals surface area contributed by atoms with E-state index in [9.17, 15) is 9.90 Å². The Labute approximate surface area is 122 Å². The van der Waals surface area contributed by atoms with Crippen molar-refractivity contribution in [1.29, 1.82) is 0 Å². The summed E-state index contributed by atoms with van der Waals surface area (Å²) in [7, 11) is 1.85. The van der Waals surface area contributed by atoms with E-state index in [0.717, 1.165) is 17.0 Å². The van der Waals surface area contributed by atoms with Crippen molar-refractivity contribution in [2.75, 3.05) is 0 Å². The van der Waals surface area contributed by atoms with Crippen LogP contribution in [0.3, 0.4) is 0 Å². The summed E-state index contributed by atoms with van der Waals surface area (Å²) in [6.45, 7) is 7.58. The number of nitrogens with zero attached hydrogens (tertiary/aromatic N) is 6. The quantitative estimate of drug-likeness (QED) is 0.888. The highest BCUT2D eigenvalue weighted by Crippen LogP contribution is 2.28. The smallest absolute Gasteiger partial charge is 0.311 e. The molecule has 0 bridgehead atoms. The molecule has 0 saturated carbocycles. The average Bonchev–Trinajstić information content (AvgIpc) is 2.95. The number of aromatic nitrogens is 6. The molecule has 0 saturated heterocycles. The number of tetrazole rings is 1. The highest BCUT2D eigenvalue weighted by molar-refractivity contribution is 5.74. The molecule has 0 aromatic carbocycles. The first-order valence-corrected chi connectivity index (χ1v) is 6.80. The molecule has 2 aromatic heterocycles. The Morgan fingerprint density at radius 3 is 2.52 bits per heavy atom. The van der Waals surface area contributed by atoms with Crippen LogP contribution < -0.4 is 0 Å². The molecular weight excluding hydrogens is 272 g/mol. The minimum Gasteiger partial charge on any atom is -0.481 e. The summed E-state index contributed by atoms with van der Waals surface area (Å²) in [5, 5.41) is 25.5. The molecule has 0 spiro atoms. The molecule has 0 aliphatic carbocycles. The van der Waals surface area contributed by atoms with Crippen LogP contribution in [0.25, 0.3) is 11.4 Å². The standard InChI is InChI=1S/C13H20N6O2/c1-6-13(4,12(20)21)7-19-11(14-16-17-19)10-8(2)15-18(5)9(10)3/h6-7H2,1-5H3,(H,20,21). The molecule has 8 heteroatoms. The summed E-state index contributed by atoms with van der Waals surface area (Å²) in [6.07, 6.45) is 0.493. The van der Waals surface area contributed by atoms with Crippen molar-refractivity contribution in [2.45, 2.75) is 40.7 Å². The third-order valence-electron chi connectivity index (χ3n) is 4.06. The summed E-state index contributed by atoms with van der Waals surface area (Å²) in [5.41, 5.74) is 1.71. The molecule has 0 aliphatic rings. The van der Waals surface area contributed by atoms with Gasteiger partial charge in [0.05, 0.1) is 23.2 Å². The molecule has 0 amide bonds. The fraction of sp³-hybridized carbons (Fsp3) is 0.615. The lowest BCUT2D eigenvalue weighted by atomic mass is 9.87. The molecular formula is C13H20N6O2. The third kappa shape index (κ3) is 2.53. The van der Waals surface area contributed by atoms with E-state index < -0.39 is 11.4 Å². The highest BCUT2D eigenvalue weighted by Gasteiger charge is 2.33. The summed E-state index contributed by atoms with van der Waals surface area (Å²) >= 11 is 0. The third-order valence-corrected chi connectivity index (χ3v) is 4.06. The molecule has 1 N–H and O–H groups in total. The number of carboxylic acid groups (broad SMARTS) is 1. The normalized spacial score (nSPS) is 14.1. The number of hydrogen-bond donors (Lipinski definition) is 1. The number of rotatable bonds is 5. The Morgan fingerprint density at radius 2 is 2.05 bits per heavy atom. The van der Waals surface area contributed by atoms with E-state index in [2.05, 4.69) is 20.6 Å². The molecule has 2 heterocycles. The summed E-state index contributed by atoms with van der Waals surface area (Å²) in [5.74, 6) is -0.301. The average molecular weight is 292 g/mol. The first-order valence-electron chi connectivity index (χ1n) is 6.80. The van der Waals surface area contributed by atoms with Crippen molar-refractivity contribution >= 4 is 5.97 Å². The van der Waals surface area contributed by atoms with Gasteiger partial charge in [-0.15, -0.1) is 5.10 Å². The van der Waals surface area contributed by atoms with Crippen LogP contribution in [0.15, 0.2) is 0 Å². The summed E-state index contributed by atoms with van der Waals surface area (Å²) in [4.78, 5) is 11.5. The molecule has 1 atom stereocenters. The van der Waals surface area contributed by atoms with Gasteiger partial charge in [-0.2, -0.15) is 5.10 Å². The zero-order valence-corrected chi connectivity index (χ0v) is 13.0. The van der Waals surface area contributed by atoms with Gasteiger partial charge in [0, 0.05) is 12.7 Å². The van der Waals surface area contributed by atoms with Gasteiger partial charge in [0.1, 0.15) is 0 Å². The van der Waals surface area contributed by atoms with Crippen LogP contribution in [0.4, 0.5) is 0 Å². The maximum absolute atomic E-state index is 11.5. The Kier molecular flexibility index (Phi) is 3.80. The zero-order chi connectivity index (χ0) is 15.8. The first-order chi connectivity index (χ1) is 9.80. The monoisotopic (exact) mass is 292 g/mol. The number of aryl methyl sites for hydroxylation is 2. The Balaban J connectivity index is 2.47. The largest absolute Gasteiger partial charge is 0.481 e. The van der Waals surface area contributed by atoms with Gasteiger partial charge in [0.15, 0.2) is 5.82 Å². The molecule has 2 rings (SSSR count). The van der Waals surface area contributed by atoms with Crippen molar-refractivity contribution < 1.29 is 9.90 Å². The Hall–Kier alpha value is -2.25. The highest BCUT2D eigenvalue weighted by atomic mass is 16.4. The fourth-order valence-corrected chi connectivity index (χ4v) is 2.25. The molecule has 1 unspecified atom stereocenters. The minimum absolute atomic E-state index is 0.217.